The molecule has 0 spiro atoms. The molecule has 0 unspecified atom stereocenters. The van der Waals surface area contributed by atoms with Gasteiger partial charge in [-0.1, -0.05) is 42.5 Å². The monoisotopic (exact) mass is 525 g/mol. The molecule has 0 aliphatic rings. The van der Waals surface area contributed by atoms with Crippen LogP contribution in [0, 0.1) is 0 Å². The molecule has 2 N–H and O–H groups in total. The molecule has 1 heterocycles. The number of hydrogen-bond acceptors (Lipinski definition) is 4. The zero-order valence-corrected chi connectivity index (χ0v) is 19.2. The first kappa shape index (κ1) is 27.5. The van der Waals surface area contributed by atoms with Gasteiger partial charge in [-0.05, 0) is 35.4 Å². The van der Waals surface area contributed by atoms with Gasteiger partial charge in [0.1, 0.15) is 6.04 Å². The Morgan fingerprint density at radius 3 is 2.08 bits per heavy atom. The molecule has 0 saturated carbocycles. The van der Waals surface area contributed by atoms with Crippen LogP contribution in [0.15, 0.2) is 72.9 Å². The van der Waals surface area contributed by atoms with E-state index in [1.54, 1.807) is 30.3 Å². The summed E-state index contributed by atoms with van der Waals surface area (Å²) in [6.45, 7) is 0. The smallest absolute Gasteiger partial charge is 0.418 e. The van der Waals surface area contributed by atoms with Gasteiger partial charge in [0, 0.05) is 12.6 Å². The van der Waals surface area contributed by atoms with Crippen LogP contribution < -0.4 is 10.6 Å². The number of ether oxygens (including phenoxy) is 1. The van der Waals surface area contributed by atoms with Crippen LogP contribution in [0.1, 0.15) is 34.0 Å². The molecule has 3 aromatic rings. The Hall–Kier alpha value is -4.09. The van der Waals surface area contributed by atoms with Gasteiger partial charge in [-0.25, -0.2) is 9.59 Å². The highest BCUT2D eigenvalue weighted by atomic mass is 19.4. The quantitative estimate of drug-likeness (QED) is 0.325. The van der Waals surface area contributed by atoms with Crippen molar-refractivity contribution in [2.24, 2.45) is 0 Å². The van der Waals surface area contributed by atoms with Crippen LogP contribution in [-0.2, 0) is 28.3 Å². The minimum atomic E-state index is -4.87. The summed E-state index contributed by atoms with van der Waals surface area (Å²) in [5.74, 6) is -0.807. The summed E-state index contributed by atoms with van der Waals surface area (Å²) in [7, 11) is 1.11. The number of methoxy groups -OCH3 is 1. The number of pyridine rings is 1. The molecular weight excluding hydrogens is 504 g/mol. The van der Waals surface area contributed by atoms with Crippen molar-refractivity contribution in [2.75, 3.05) is 7.11 Å². The van der Waals surface area contributed by atoms with Crippen molar-refractivity contribution in [3.05, 3.63) is 101 Å². The molecule has 6 nitrogen and oxygen atoms in total. The Balaban J connectivity index is 1.95. The molecule has 12 heteroatoms. The zero-order chi connectivity index (χ0) is 27.2. The number of urea groups is 1. The van der Waals surface area contributed by atoms with Gasteiger partial charge in [-0.3, -0.25) is 4.98 Å². The Morgan fingerprint density at radius 1 is 0.865 bits per heavy atom. The standard InChI is InChI=1S/C25H21F6N3O3/c1-37-22(35)19(14-15-6-3-2-4-7-15)33-23(36)34-20(16-9-11-17(12-10-16)24(26,27)28)21-18(25(29,30)31)8-5-13-32-21/h2-13,19-20H,14H2,1H3,(H2,33,34,36)/t19-,20-/m0/s1. The molecule has 0 radical (unpaired) electrons. The molecule has 37 heavy (non-hydrogen) atoms. The van der Waals surface area contributed by atoms with Crippen LogP contribution in [-0.4, -0.2) is 30.1 Å². The van der Waals surface area contributed by atoms with E-state index < -0.39 is 53.3 Å². The maximum atomic E-state index is 13.7. The second-order valence-corrected chi connectivity index (χ2v) is 7.87. The van der Waals surface area contributed by atoms with E-state index in [4.69, 9.17) is 4.74 Å². The summed E-state index contributed by atoms with van der Waals surface area (Å²) in [5.41, 5.74) is -2.27. The van der Waals surface area contributed by atoms with Gasteiger partial charge in [0.25, 0.3) is 0 Å². The second kappa shape index (κ2) is 11.3. The molecule has 0 aliphatic carbocycles. The van der Waals surface area contributed by atoms with E-state index in [1.165, 1.54) is 0 Å². The van der Waals surface area contributed by atoms with Crippen LogP contribution in [0.2, 0.25) is 0 Å². The Labute approximate surface area is 207 Å². The number of esters is 1. The molecule has 2 amide bonds. The number of rotatable bonds is 7. The number of amides is 2. The Kier molecular flexibility index (Phi) is 8.41. The van der Waals surface area contributed by atoms with Gasteiger partial charge in [0.15, 0.2) is 0 Å². The number of aromatic nitrogens is 1. The molecule has 2 atom stereocenters. The van der Waals surface area contributed by atoms with Crippen LogP contribution in [0.4, 0.5) is 31.1 Å². The lowest BCUT2D eigenvalue weighted by Crippen LogP contribution is -2.48. The van der Waals surface area contributed by atoms with Gasteiger partial charge in [-0.15, -0.1) is 0 Å². The van der Waals surface area contributed by atoms with Gasteiger partial charge < -0.3 is 15.4 Å². The largest absolute Gasteiger partial charge is 0.467 e. The third-order valence-electron chi connectivity index (χ3n) is 5.34. The second-order valence-electron chi connectivity index (χ2n) is 7.87. The van der Waals surface area contributed by atoms with Crippen molar-refractivity contribution in [1.29, 1.82) is 0 Å². The Morgan fingerprint density at radius 2 is 1.51 bits per heavy atom. The number of benzene rings is 2. The molecule has 196 valence electrons. The maximum absolute atomic E-state index is 13.7. The topological polar surface area (TPSA) is 80.3 Å². The fraction of sp³-hybridized carbons (Fsp3) is 0.240. The highest BCUT2D eigenvalue weighted by Crippen LogP contribution is 2.36. The van der Waals surface area contributed by atoms with E-state index >= 15 is 0 Å². The van der Waals surface area contributed by atoms with E-state index in [-0.39, 0.29) is 12.0 Å². The fourth-order valence-electron chi connectivity index (χ4n) is 3.58. The van der Waals surface area contributed by atoms with E-state index in [1.807, 2.05) is 0 Å². The summed E-state index contributed by atoms with van der Waals surface area (Å²) < 4.78 is 84.9. The van der Waals surface area contributed by atoms with E-state index in [2.05, 4.69) is 15.6 Å². The summed E-state index contributed by atoms with van der Waals surface area (Å²) in [6.07, 6.45) is -8.46. The van der Waals surface area contributed by atoms with Crippen molar-refractivity contribution in [2.45, 2.75) is 30.9 Å². The summed E-state index contributed by atoms with van der Waals surface area (Å²) in [6, 6.07) is 9.76. The highest BCUT2D eigenvalue weighted by Gasteiger charge is 2.38. The van der Waals surface area contributed by atoms with Gasteiger partial charge in [0.05, 0.1) is 30.0 Å². The summed E-state index contributed by atoms with van der Waals surface area (Å²) >= 11 is 0. The lowest BCUT2D eigenvalue weighted by atomic mass is 9.98. The average Bonchev–Trinajstić information content (AvgIpc) is 2.86. The molecule has 0 saturated heterocycles. The van der Waals surface area contributed by atoms with Crippen LogP contribution >= 0.6 is 0 Å². The summed E-state index contributed by atoms with van der Waals surface area (Å²) in [4.78, 5) is 28.9. The SMILES string of the molecule is COC(=O)[C@H](Cc1ccccc1)NC(=O)N[C@@H](c1ccc(C(F)(F)F)cc1)c1ncccc1C(F)(F)F. The molecule has 2 aromatic carbocycles. The van der Waals surface area contributed by atoms with E-state index in [9.17, 15) is 35.9 Å². The number of carbonyl (C=O) groups is 2. The first-order valence-electron chi connectivity index (χ1n) is 10.8. The molecule has 0 fully saturated rings. The zero-order valence-electron chi connectivity index (χ0n) is 19.2. The average molecular weight is 525 g/mol. The van der Waals surface area contributed by atoms with Crippen molar-refractivity contribution in [1.82, 2.24) is 15.6 Å². The molecule has 0 bridgehead atoms. The fourth-order valence-corrected chi connectivity index (χ4v) is 3.58. The first-order valence-corrected chi connectivity index (χ1v) is 10.8. The third kappa shape index (κ3) is 7.21. The minimum absolute atomic E-state index is 0.0171. The highest BCUT2D eigenvalue weighted by molar-refractivity contribution is 5.84. The predicted molar refractivity (Wildman–Crippen MR) is 120 cm³/mol. The normalized spacial score (nSPS) is 13.4. The van der Waals surface area contributed by atoms with Gasteiger partial charge in [0.2, 0.25) is 0 Å². The maximum Gasteiger partial charge on any atom is 0.418 e. The number of nitrogens with zero attached hydrogens (tertiary/aromatic N) is 1. The van der Waals surface area contributed by atoms with Crippen molar-refractivity contribution < 1.29 is 40.7 Å². The van der Waals surface area contributed by atoms with Crippen LogP contribution in [0.25, 0.3) is 0 Å². The van der Waals surface area contributed by atoms with Gasteiger partial charge in [-0.2, -0.15) is 26.3 Å². The van der Waals surface area contributed by atoms with E-state index in [0.717, 1.165) is 37.6 Å². The summed E-state index contributed by atoms with van der Waals surface area (Å²) in [5, 5.41) is 4.68. The first-order chi connectivity index (χ1) is 17.4. The number of nitrogens with one attached hydrogen (secondary N) is 2. The molecule has 1 aromatic heterocycles. The number of halogens is 6. The predicted octanol–water partition coefficient (Wildman–Crippen LogP) is 5.29. The van der Waals surface area contributed by atoms with E-state index in [0.29, 0.717) is 17.7 Å². The number of carbonyl (C=O) groups excluding carboxylic acids is 2. The Bertz CT molecular complexity index is 1210. The van der Waals surface area contributed by atoms with Gasteiger partial charge >= 0.3 is 24.4 Å². The third-order valence-corrected chi connectivity index (χ3v) is 5.34. The van der Waals surface area contributed by atoms with Crippen LogP contribution in [0.3, 0.4) is 0 Å². The van der Waals surface area contributed by atoms with Crippen molar-refractivity contribution in [3.8, 4) is 0 Å². The number of alkyl halides is 6. The number of hydrogen-bond donors (Lipinski definition) is 2. The molecular formula is C25H21F6N3O3. The van der Waals surface area contributed by atoms with Crippen molar-refractivity contribution >= 4 is 12.0 Å². The molecule has 0 aliphatic heterocycles. The van der Waals surface area contributed by atoms with Crippen molar-refractivity contribution in [3.63, 3.8) is 0 Å². The molecule has 3 rings (SSSR count). The lowest BCUT2D eigenvalue weighted by molar-refractivity contribution is -0.143. The minimum Gasteiger partial charge on any atom is -0.467 e. The lowest BCUT2D eigenvalue weighted by Gasteiger charge is -2.24. The van der Waals surface area contributed by atoms with Crippen LogP contribution in [0.5, 0.6) is 0 Å².